The molecule has 266 valence electrons. The topological polar surface area (TPSA) is 146 Å². The first-order chi connectivity index (χ1) is 24.3. The van der Waals surface area contributed by atoms with Crippen molar-refractivity contribution in [3.8, 4) is 5.75 Å². The third-order valence-corrected chi connectivity index (χ3v) is 10.3. The first-order valence-corrected chi connectivity index (χ1v) is 17.1. The molecule has 1 aliphatic heterocycles. The van der Waals surface area contributed by atoms with Gasteiger partial charge in [0.15, 0.2) is 22.6 Å². The molecule has 0 unspecified atom stereocenters. The van der Waals surface area contributed by atoms with Crippen LogP contribution in [-0.2, 0) is 23.9 Å². The Bertz CT molecular complexity index is 2170. The van der Waals surface area contributed by atoms with Crippen LogP contribution in [0.2, 0.25) is 5.02 Å². The molecule has 2 aliphatic carbocycles. The summed E-state index contributed by atoms with van der Waals surface area (Å²) in [6.45, 7) is 3.64. The minimum absolute atomic E-state index is 0.00167. The van der Waals surface area contributed by atoms with Crippen molar-refractivity contribution in [1.29, 1.82) is 0 Å². The van der Waals surface area contributed by atoms with Gasteiger partial charge < -0.3 is 24.8 Å². The first-order valence-electron chi connectivity index (χ1n) is 16.7. The number of aromatic nitrogens is 5. The van der Waals surface area contributed by atoms with Gasteiger partial charge in [-0.1, -0.05) is 24.1 Å². The van der Waals surface area contributed by atoms with E-state index < -0.39 is 23.6 Å². The van der Waals surface area contributed by atoms with Crippen molar-refractivity contribution >= 4 is 52.0 Å². The van der Waals surface area contributed by atoms with Crippen LogP contribution in [0.4, 0.5) is 24.5 Å². The summed E-state index contributed by atoms with van der Waals surface area (Å²) < 4.78 is 41.3. The second-order valence-electron chi connectivity index (χ2n) is 13.0. The molecule has 4 aromatic rings. The largest absolute Gasteiger partial charge is 0.504 e. The van der Waals surface area contributed by atoms with E-state index in [9.17, 15) is 32.7 Å². The number of aryl methyl sites for hydroxylation is 1. The van der Waals surface area contributed by atoms with Gasteiger partial charge in [-0.15, -0.1) is 0 Å². The van der Waals surface area contributed by atoms with Crippen molar-refractivity contribution in [2.45, 2.75) is 77.2 Å². The molecule has 3 fully saturated rings. The van der Waals surface area contributed by atoms with Crippen molar-refractivity contribution in [1.82, 2.24) is 29.4 Å². The lowest BCUT2D eigenvalue weighted by Gasteiger charge is -2.54. The molecule has 12 nitrogen and oxygen atoms in total. The zero-order chi connectivity index (χ0) is 36.2. The predicted molar refractivity (Wildman–Crippen MR) is 184 cm³/mol. The number of carbonyl (C=O) groups is 2. The molecule has 51 heavy (non-hydrogen) atoms. The van der Waals surface area contributed by atoms with Crippen LogP contribution < -0.4 is 15.6 Å². The van der Waals surface area contributed by atoms with E-state index >= 15 is 0 Å². The molecule has 0 bridgehead atoms. The summed E-state index contributed by atoms with van der Waals surface area (Å²) in [7, 11) is 0. The molecule has 4 heterocycles. The van der Waals surface area contributed by atoms with E-state index in [-0.39, 0.29) is 70.5 Å². The summed E-state index contributed by atoms with van der Waals surface area (Å²) in [6.07, 6.45) is 4.76. The van der Waals surface area contributed by atoms with E-state index in [0.29, 0.717) is 42.0 Å². The fraction of sp³-hybridized carbons (Fsp3) is 0.400. The molecule has 2 atom stereocenters. The molecule has 1 saturated heterocycles. The first kappa shape index (κ1) is 34.4. The van der Waals surface area contributed by atoms with Crippen LogP contribution in [0.25, 0.3) is 17.2 Å². The third kappa shape index (κ3) is 6.28. The highest BCUT2D eigenvalue weighted by atomic mass is 35.5. The van der Waals surface area contributed by atoms with Crippen molar-refractivity contribution < 1.29 is 27.9 Å². The van der Waals surface area contributed by atoms with E-state index in [1.807, 2.05) is 17.9 Å². The number of nitrogens with zero attached hydrogens (tertiary/aromatic N) is 7. The van der Waals surface area contributed by atoms with Crippen LogP contribution in [-0.4, -0.2) is 71.5 Å². The second-order valence-corrected chi connectivity index (χ2v) is 13.4. The van der Waals surface area contributed by atoms with Crippen molar-refractivity contribution in [2.75, 3.05) is 23.3 Å². The van der Waals surface area contributed by atoms with E-state index in [2.05, 4.69) is 20.3 Å². The Morgan fingerprint density at radius 1 is 1.12 bits per heavy atom. The van der Waals surface area contributed by atoms with Crippen LogP contribution in [0.3, 0.4) is 0 Å². The maximum absolute atomic E-state index is 14.5. The minimum atomic E-state index is -4.60. The number of aromatic hydroxyl groups is 1. The number of piperazine rings is 1. The number of rotatable bonds is 7. The molecular weight excluding hydrogens is 689 g/mol. The highest BCUT2D eigenvalue weighted by molar-refractivity contribution is 6.33. The Balaban J connectivity index is 1.27. The number of allylic oxidation sites excluding steroid dienone is 1. The van der Waals surface area contributed by atoms with Gasteiger partial charge in [-0.25, -0.2) is 19.9 Å². The van der Waals surface area contributed by atoms with E-state index in [1.165, 1.54) is 11.9 Å². The third-order valence-electron chi connectivity index (χ3n) is 9.95. The van der Waals surface area contributed by atoms with Gasteiger partial charge in [-0.05, 0) is 69.7 Å². The number of alkyl halides is 3. The van der Waals surface area contributed by atoms with Gasteiger partial charge in [-0.3, -0.25) is 14.4 Å². The molecule has 3 aliphatic rings. The van der Waals surface area contributed by atoms with E-state index in [0.717, 1.165) is 37.5 Å². The molecule has 2 N–H and O–H groups in total. The Morgan fingerprint density at radius 2 is 1.88 bits per heavy atom. The number of pyridine rings is 1. The highest BCUT2D eigenvalue weighted by Gasteiger charge is 2.47. The summed E-state index contributed by atoms with van der Waals surface area (Å²) in [6, 6.07) is 2.18. The molecular formula is C35H34ClF3N8O4. The van der Waals surface area contributed by atoms with Crippen molar-refractivity contribution in [2.24, 2.45) is 0 Å². The van der Waals surface area contributed by atoms with Gasteiger partial charge >= 0.3 is 6.18 Å². The number of halogens is 4. The summed E-state index contributed by atoms with van der Waals surface area (Å²) in [5, 5.41) is 12.9. The number of hydrogen-bond acceptors (Lipinski definition) is 9. The molecule has 7 rings (SSSR count). The maximum atomic E-state index is 14.5. The van der Waals surface area contributed by atoms with Gasteiger partial charge in [0, 0.05) is 24.8 Å². The summed E-state index contributed by atoms with van der Waals surface area (Å²) in [5.41, 5.74) is 1.79. The zero-order valence-electron chi connectivity index (χ0n) is 27.8. The second kappa shape index (κ2) is 13.2. The van der Waals surface area contributed by atoms with E-state index in [1.54, 1.807) is 22.6 Å². The Morgan fingerprint density at radius 3 is 2.53 bits per heavy atom. The zero-order valence-corrected chi connectivity index (χ0v) is 28.6. The smallest absolute Gasteiger partial charge is 0.416 e. The number of amides is 2. The molecule has 0 radical (unpaired) electrons. The van der Waals surface area contributed by atoms with Gasteiger partial charge in [0.2, 0.25) is 11.3 Å². The van der Waals surface area contributed by atoms with Gasteiger partial charge in [-0.2, -0.15) is 13.2 Å². The molecule has 3 aromatic heterocycles. The lowest BCUT2D eigenvalue weighted by molar-refractivity contribution is -0.137. The Labute approximate surface area is 295 Å². The van der Waals surface area contributed by atoms with Crippen LogP contribution in [0, 0.1) is 6.92 Å². The van der Waals surface area contributed by atoms with Crippen molar-refractivity contribution in [3.63, 3.8) is 0 Å². The SMILES string of the molecule is CCc1c(N2CCN(C(=O)c3ncnc(C)c3O)[C@@H]3CC[C@H]32)c(=O)c2nc(C=C3CCC3)cnc2n1CC(=O)Nc1ccc(C(F)(F)F)cc1Cl. The van der Waals surface area contributed by atoms with Gasteiger partial charge in [0.1, 0.15) is 18.6 Å². The van der Waals surface area contributed by atoms with Gasteiger partial charge in [0.05, 0.1) is 39.9 Å². The minimum Gasteiger partial charge on any atom is -0.504 e. The van der Waals surface area contributed by atoms with Gasteiger partial charge in [0.25, 0.3) is 5.91 Å². The lowest BCUT2D eigenvalue weighted by atomic mass is 9.81. The number of benzene rings is 1. The molecule has 16 heteroatoms. The molecule has 2 amide bonds. The molecule has 0 spiro atoms. The number of carbonyl (C=O) groups excluding carboxylic acids is 2. The Kier molecular flexibility index (Phi) is 8.94. The summed E-state index contributed by atoms with van der Waals surface area (Å²) in [5.74, 6) is -1.28. The summed E-state index contributed by atoms with van der Waals surface area (Å²) in [4.78, 5) is 62.7. The average Bonchev–Trinajstić information content (AvgIpc) is 3.05. The van der Waals surface area contributed by atoms with E-state index in [4.69, 9.17) is 16.6 Å². The Hall–Kier alpha value is -5.05. The number of nitrogens with one attached hydrogen (secondary N) is 1. The van der Waals surface area contributed by atoms with Crippen LogP contribution >= 0.6 is 11.6 Å². The predicted octanol–water partition coefficient (Wildman–Crippen LogP) is 5.53. The lowest BCUT2D eigenvalue weighted by Crippen LogP contribution is -2.67. The average molecular weight is 723 g/mol. The summed E-state index contributed by atoms with van der Waals surface area (Å²) >= 11 is 6.14. The van der Waals surface area contributed by atoms with Crippen LogP contribution in [0.15, 0.2) is 41.1 Å². The standard InChI is InChI=1S/C35H34ClF3N8O4/c1-3-24-30(45-11-12-46(26-10-9-25(26)45)34(51)29-31(49)18(2)41-17-42-29)32(50)28-33(40-15-21(43-28)13-19-5-4-6-19)47(24)16-27(48)44-23-8-7-20(14-22(23)36)35(37,38)39/h7-8,13-15,17,25-26,49H,3-6,9-12,16H2,1-2H3,(H,44,48)/t25-,26-/m1/s1. The van der Waals surface area contributed by atoms with Crippen LogP contribution in [0.1, 0.15) is 72.2 Å². The highest BCUT2D eigenvalue weighted by Crippen LogP contribution is 2.39. The molecule has 1 aromatic carbocycles. The van der Waals surface area contributed by atoms with Crippen molar-refractivity contribution in [3.05, 3.63) is 79.9 Å². The fourth-order valence-corrected chi connectivity index (χ4v) is 7.26. The monoisotopic (exact) mass is 722 g/mol. The maximum Gasteiger partial charge on any atom is 0.416 e. The number of fused-ring (bicyclic) bond motifs is 2. The molecule has 2 saturated carbocycles. The van der Waals surface area contributed by atoms with Crippen LogP contribution in [0.5, 0.6) is 5.75 Å². The quantitative estimate of drug-likeness (QED) is 0.252. The normalized spacial score (nSPS) is 18.6. The number of hydrogen-bond donors (Lipinski definition) is 2. The number of anilines is 2. The fourth-order valence-electron chi connectivity index (χ4n) is 7.03.